The average Bonchev–Trinajstić information content (AvgIpc) is 2.75. The molecule has 1 spiro atoms. The molecular formula is C25H23NO5. The molecule has 3 aromatic rings. The van der Waals surface area contributed by atoms with Crippen LogP contribution in [-0.2, 0) is 0 Å². The normalized spacial score (nSPS) is 17.5. The number of amides is 1. The van der Waals surface area contributed by atoms with Crippen LogP contribution in [0.4, 0.5) is 0 Å². The van der Waals surface area contributed by atoms with E-state index in [9.17, 15) is 14.4 Å². The molecule has 0 N–H and O–H groups in total. The number of benzene rings is 2. The Morgan fingerprint density at radius 2 is 1.71 bits per heavy atom. The van der Waals surface area contributed by atoms with E-state index in [0.29, 0.717) is 54.6 Å². The van der Waals surface area contributed by atoms with E-state index in [1.807, 2.05) is 38.1 Å². The lowest BCUT2D eigenvalue weighted by atomic mass is 9.81. The van der Waals surface area contributed by atoms with Gasteiger partial charge in [-0.05, 0) is 49.2 Å². The maximum absolute atomic E-state index is 13.0. The van der Waals surface area contributed by atoms with Crippen LogP contribution in [0.15, 0.2) is 51.7 Å². The van der Waals surface area contributed by atoms with Crippen LogP contribution in [0.2, 0.25) is 0 Å². The molecule has 31 heavy (non-hydrogen) atoms. The summed E-state index contributed by atoms with van der Waals surface area (Å²) in [6, 6.07) is 12.6. The quantitative estimate of drug-likeness (QED) is 0.558. The highest BCUT2D eigenvalue weighted by atomic mass is 16.5. The molecule has 0 aliphatic carbocycles. The minimum Gasteiger partial charge on any atom is -0.486 e. The summed E-state index contributed by atoms with van der Waals surface area (Å²) in [5.74, 6) is 0.372. The molecule has 5 rings (SSSR count). The van der Waals surface area contributed by atoms with Crippen LogP contribution in [0.25, 0.3) is 11.0 Å². The highest BCUT2D eigenvalue weighted by molar-refractivity contribution is 6.01. The number of aryl methyl sites for hydroxylation is 2. The summed E-state index contributed by atoms with van der Waals surface area (Å²) in [7, 11) is 0. The summed E-state index contributed by atoms with van der Waals surface area (Å²) in [6.07, 6.45) is 1.38. The molecule has 3 heterocycles. The van der Waals surface area contributed by atoms with Crippen LogP contribution >= 0.6 is 0 Å². The van der Waals surface area contributed by atoms with Gasteiger partial charge < -0.3 is 14.1 Å². The van der Waals surface area contributed by atoms with Crippen molar-refractivity contribution in [2.24, 2.45) is 0 Å². The smallest absolute Gasteiger partial charge is 0.349 e. The number of hydrogen-bond donors (Lipinski definition) is 0. The van der Waals surface area contributed by atoms with Crippen molar-refractivity contribution in [3.8, 4) is 5.75 Å². The van der Waals surface area contributed by atoms with Gasteiger partial charge in [0.15, 0.2) is 5.78 Å². The van der Waals surface area contributed by atoms with E-state index >= 15 is 0 Å². The molecule has 0 atom stereocenters. The molecule has 6 nitrogen and oxygen atoms in total. The third kappa shape index (κ3) is 3.32. The number of Topliss-reactive ketones (excluding diaryl/α,β-unsaturated/α-hetero) is 1. The predicted octanol–water partition coefficient (Wildman–Crippen LogP) is 4.05. The first kappa shape index (κ1) is 19.5. The lowest BCUT2D eigenvalue weighted by Crippen LogP contribution is -2.52. The Morgan fingerprint density at radius 3 is 2.48 bits per heavy atom. The zero-order valence-electron chi connectivity index (χ0n) is 17.6. The van der Waals surface area contributed by atoms with Gasteiger partial charge in [0.1, 0.15) is 22.5 Å². The molecule has 6 heteroatoms. The largest absolute Gasteiger partial charge is 0.486 e. The number of piperidine rings is 1. The van der Waals surface area contributed by atoms with Crippen molar-refractivity contribution in [2.75, 3.05) is 13.1 Å². The van der Waals surface area contributed by atoms with Gasteiger partial charge in [0.2, 0.25) is 0 Å². The third-order valence-corrected chi connectivity index (χ3v) is 6.54. The topological polar surface area (TPSA) is 76.8 Å². The molecule has 0 radical (unpaired) electrons. The van der Waals surface area contributed by atoms with E-state index in [2.05, 4.69) is 0 Å². The van der Waals surface area contributed by atoms with Gasteiger partial charge in [0.05, 0.1) is 12.0 Å². The molecule has 2 aliphatic heterocycles. The third-order valence-electron chi connectivity index (χ3n) is 6.54. The maximum Gasteiger partial charge on any atom is 0.349 e. The number of rotatable bonds is 1. The minimum atomic E-state index is -0.632. The highest BCUT2D eigenvalue weighted by Gasteiger charge is 2.44. The minimum absolute atomic E-state index is 0.0340. The van der Waals surface area contributed by atoms with Crippen LogP contribution < -0.4 is 10.4 Å². The number of fused-ring (bicyclic) bond motifs is 2. The van der Waals surface area contributed by atoms with Crippen LogP contribution in [0, 0.1) is 13.8 Å². The van der Waals surface area contributed by atoms with Gasteiger partial charge in [-0.1, -0.05) is 18.2 Å². The Kier molecular flexibility index (Phi) is 4.46. The number of hydrogen-bond acceptors (Lipinski definition) is 5. The van der Waals surface area contributed by atoms with E-state index in [-0.39, 0.29) is 17.3 Å². The van der Waals surface area contributed by atoms with Gasteiger partial charge in [-0.25, -0.2) is 4.79 Å². The Bertz CT molecular complexity index is 1280. The SMILES string of the molecule is Cc1cc2c(cc1C)C(=O)CC1(CCN(C(=O)c3cc4ccccc4oc3=O)CC1)O2. The van der Waals surface area contributed by atoms with E-state index in [4.69, 9.17) is 9.15 Å². The maximum atomic E-state index is 13.0. The molecule has 2 aromatic carbocycles. The number of nitrogens with zero attached hydrogens (tertiary/aromatic N) is 1. The molecule has 158 valence electrons. The summed E-state index contributed by atoms with van der Waals surface area (Å²) >= 11 is 0. The number of ketones is 1. The molecule has 1 amide bonds. The zero-order chi connectivity index (χ0) is 21.8. The van der Waals surface area contributed by atoms with E-state index < -0.39 is 11.2 Å². The standard InChI is InChI=1S/C25H23NO5/c1-15-11-18-20(27)14-25(31-22(18)12-16(15)2)7-9-26(10-8-25)23(28)19-13-17-5-3-4-6-21(17)30-24(19)29/h3-6,11-13H,7-10,14H2,1-2H3. The van der Waals surface area contributed by atoms with Gasteiger partial charge in [0.25, 0.3) is 5.91 Å². The first-order valence-electron chi connectivity index (χ1n) is 10.5. The second-order valence-corrected chi connectivity index (χ2v) is 8.60. The number of carbonyl (C=O) groups excluding carboxylic acids is 2. The molecule has 1 fully saturated rings. The fraction of sp³-hybridized carbons (Fsp3) is 0.320. The van der Waals surface area contributed by atoms with Gasteiger partial charge >= 0.3 is 5.63 Å². The van der Waals surface area contributed by atoms with Gasteiger partial charge in [-0.3, -0.25) is 9.59 Å². The van der Waals surface area contributed by atoms with Crippen LogP contribution in [0.3, 0.4) is 0 Å². The average molecular weight is 417 g/mol. The summed E-state index contributed by atoms with van der Waals surface area (Å²) in [5, 5.41) is 0.711. The lowest BCUT2D eigenvalue weighted by molar-refractivity contribution is -0.00582. The van der Waals surface area contributed by atoms with Crippen LogP contribution in [0.5, 0.6) is 5.75 Å². The molecule has 1 aromatic heterocycles. The van der Waals surface area contributed by atoms with Crippen molar-refractivity contribution in [1.29, 1.82) is 0 Å². The molecule has 2 aliphatic rings. The van der Waals surface area contributed by atoms with Crippen molar-refractivity contribution < 1.29 is 18.7 Å². The Hall–Kier alpha value is -3.41. The van der Waals surface area contributed by atoms with Crippen LogP contribution in [-0.4, -0.2) is 35.3 Å². The fourth-order valence-electron chi connectivity index (χ4n) is 4.53. The molecule has 0 unspecified atom stereocenters. The van der Waals surface area contributed by atoms with Crippen LogP contribution in [0.1, 0.15) is 51.1 Å². The zero-order valence-corrected chi connectivity index (χ0v) is 17.6. The number of ether oxygens (including phenoxy) is 1. The molecule has 1 saturated heterocycles. The molecule has 0 bridgehead atoms. The Labute approximate surface area is 179 Å². The Balaban J connectivity index is 1.36. The monoisotopic (exact) mass is 417 g/mol. The van der Waals surface area contributed by atoms with Gasteiger partial charge in [-0.15, -0.1) is 0 Å². The summed E-state index contributed by atoms with van der Waals surface area (Å²) in [4.78, 5) is 39.9. The Morgan fingerprint density at radius 1 is 1.00 bits per heavy atom. The lowest BCUT2D eigenvalue weighted by Gasteiger charge is -2.44. The second kappa shape index (κ2) is 7.08. The fourth-order valence-corrected chi connectivity index (χ4v) is 4.53. The highest BCUT2D eigenvalue weighted by Crippen LogP contribution is 2.40. The first-order chi connectivity index (χ1) is 14.8. The number of carbonyl (C=O) groups is 2. The molecule has 0 saturated carbocycles. The van der Waals surface area contributed by atoms with E-state index in [1.165, 1.54) is 0 Å². The summed E-state index contributed by atoms with van der Waals surface area (Å²) in [6.45, 7) is 4.82. The van der Waals surface area contributed by atoms with E-state index in [0.717, 1.165) is 11.1 Å². The summed E-state index contributed by atoms with van der Waals surface area (Å²) in [5.41, 5.74) is 2.05. The first-order valence-corrected chi connectivity index (χ1v) is 10.5. The predicted molar refractivity (Wildman–Crippen MR) is 116 cm³/mol. The van der Waals surface area contributed by atoms with Gasteiger partial charge in [0, 0.05) is 31.3 Å². The second-order valence-electron chi connectivity index (χ2n) is 8.60. The van der Waals surface area contributed by atoms with Crippen molar-refractivity contribution in [3.05, 3.63) is 75.1 Å². The summed E-state index contributed by atoms with van der Waals surface area (Å²) < 4.78 is 11.7. The van der Waals surface area contributed by atoms with Crippen molar-refractivity contribution in [2.45, 2.75) is 38.7 Å². The number of likely N-dealkylation sites (tertiary alicyclic amines) is 1. The van der Waals surface area contributed by atoms with Crippen molar-refractivity contribution in [3.63, 3.8) is 0 Å². The van der Waals surface area contributed by atoms with Gasteiger partial charge in [-0.2, -0.15) is 0 Å². The molecular weight excluding hydrogens is 394 g/mol. The number of para-hydroxylation sites is 1. The van der Waals surface area contributed by atoms with Crippen molar-refractivity contribution in [1.82, 2.24) is 4.90 Å². The van der Waals surface area contributed by atoms with E-state index in [1.54, 1.807) is 23.1 Å². The van der Waals surface area contributed by atoms with Crippen molar-refractivity contribution >= 4 is 22.7 Å².